The molecule has 5 rings (SSSR count). The quantitative estimate of drug-likeness (QED) is 0.588. The SMILES string of the molecule is CC1NOC(C)C1CN1C(=O)C2CC(S(=O)(=O)NC3(C)CC3)CCC2N(CC2CC2)C1=O. The van der Waals surface area contributed by atoms with E-state index in [9.17, 15) is 18.0 Å². The van der Waals surface area contributed by atoms with Gasteiger partial charge in [0.05, 0.1) is 17.3 Å². The molecule has 2 aliphatic heterocycles. The van der Waals surface area contributed by atoms with Gasteiger partial charge in [-0.25, -0.2) is 17.9 Å². The van der Waals surface area contributed by atoms with Crippen LogP contribution in [0.5, 0.6) is 0 Å². The molecular formula is C22H36N4O5S. The third kappa shape index (κ3) is 4.19. The maximum Gasteiger partial charge on any atom is 0.326 e. The van der Waals surface area contributed by atoms with Gasteiger partial charge in [-0.3, -0.25) is 14.5 Å². The van der Waals surface area contributed by atoms with Gasteiger partial charge in [-0.15, -0.1) is 0 Å². The smallest absolute Gasteiger partial charge is 0.320 e. The van der Waals surface area contributed by atoms with Crippen LogP contribution in [0.3, 0.4) is 0 Å². The summed E-state index contributed by atoms with van der Waals surface area (Å²) in [5.41, 5.74) is 2.63. The van der Waals surface area contributed by atoms with Crippen LogP contribution in [0.2, 0.25) is 0 Å². The first-order valence-electron chi connectivity index (χ1n) is 12.1. The molecule has 180 valence electrons. The van der Waals surface area contributed by atoms with E-state index in [2.05, 4.69) is 10.2 Å². The number of hydrogen-bond donors (Lipinski definition) is 2. The minimum Gasteiger partial charge on any atom is -0.320 e. The summed E-state index contributed by atoms with van der Waals surface area (Å²) in [7, 11) is -3.51. The van der Waals surface area contributed by atoms with Gasteiger partial charge < -0.3 is 4.90 Å². The Morgan fingerprint density at radius 2 is 1.84 bits per heavy atom. The summed E-state index contributed by atoms with van der Waals surface area (Å²) >= 11 is 0. The number of rotatable bonds is 7. The van der Waals surface area contributed by atoms with E-state index in [0.29, 0.717) is 31.8 Å². The molecule has 3 aliphatic carbocycles. The molecule has 3 amide bonds. The van der Waals surface area contributed by atoms with E-state index in [1.807, 2.05) is 25.7 Å². The fourth-order valence-corrected chi connectivity index (χ4v) is 7.58. The molecule has 0 aromatic heterocycles. The standard InChI is InChI=1S/C22H36N4O5S/c1-13-18(14(2)31-23-13)12-26-20(27)17-10-16(32(29,30)24-22(3)8-9-22)6-7-19(17)25(21(26)28)11-15-4-5-15/h13-19,23-24H,4-12H2,1-3H3. The molecule has 0 radical (unpaired) electrons. The van der Waals surface area contributed by atoms with Crippen LogP contribution in [-0.2, 0) is 19.7 Å². The predicted molar refractivity (Wildman–Crippen MR) is 118 cm³/mol. The largest absolute Gasteiger partial charge is 0.326 e. The van der Waals surface area contributed by atoms with Crippen molar-refractivity contribution in [2.75, 3.05) is 13.1 Å². The molecule has 0 aromatic rings. The number of fused-ring (bicyclic) bond motifs is 1. The van der Waals surface area contributed by atoms with Crippen molar-refractivity contribution in [1.29, 1.82) is 0 Å². The number of nitrogens with one attached hydrogen (secondary N) is 2. The molecule has 9 nitrogen and oxygen atoms in total. The second-order valence-electron chi connectivity index (χ2n) is 11.0. The van der Waals surface area contributed by atoms with Crippen molar-refractivity contribution >= 4 is 22.0 Å². The Bertz CT molecular complexity index is 877. The van der Waals surface area contributed by atoms with Crippen LogP contribution in [0.15, 0.2) is 0 Å². The molecule has 6 unspecified atom stereocenters. The molecule has 5 aliphatic rings. The zero-order valence-electron chi connectivity index (χ0n) is 19.2. The van der Waals surface area contributed by atoms with Crippen molar-refractivity contribution in [3.05, 3.63) is 0 Å². The van der Waals surface area contributed by atoms with Gasteiger partial charge >= 0.3 is 6.03 Å². The Hall–Kier alpha value is -1.23. The summed E-state index contributed by atoms with van der Waals surface area (Å²) in [6.07, 6.45) is 5.17. The first-order valence-corrected chi connectivity index (χ1v) is 13.7. The average Bonchev–Trinajstić information content (AvgIpc) is 3.66. The lowest BCUT2D eigenvalue weighted by atomic mass is 9.80. The number of hydroxylamine groups is 1. The minimum atomic E-state index is -3.51. The van der Waals surface area contributed by atoms with E-state index in [1.165, 1.54) is 4.90 Å². The van der Waals surface area contributed by atoms with Crippen LogP contribution < -0.4 is 10.2 Å². The van der Waals surface area contributed by atoms with E-state index in [4.69, 9.17) is 4.84 Å². The Morgan fingerprint density at radius 3 is 2.44 bits per heavy atom. The maximum absolute atomic E-state index is 13.6. The lowest BCUT2D eigenvalue weighted by Crippen LogP contribution is -2.65. The highest BCUT2D eigenvalue weighted by molar-refractivity contribution is 7.90. The van der Waals surface area contributed by atoms with E-state index in [0.717, 1.165) is 25.7 Å². The fraction of sp³-hybridized carbons (Fsp3) is 0.909. The van der Waals surface area contributed by atoms with Gasteiger partial charge in [-0.1, -0.05) is 0 Å². The topological polar surface area (TPSA) is 108 Å². The Labute approximate surface area is 190 Å². The molecule has 5 fully saturated rings. The zero-order valence-corrected chi connectivity index (χ0v) is 20.1. The van der Waals surface area contributed by atoms with Crippen molar-refractivity contribution < 1.29 is 22.8 Å². The maximum atomic E-state index is 13.6. The van der Waals surface area contributed by atoms with Crippen LogP contribution >= 0.6 is 0 Å². The van der Waals surface area contributed by atoms with Crippen LogP contribution in [0.4, 0.5) is 4.79 Å². The van der Waals surface area contributed by atoms with E-state index < -0.39 is 21.2 Å². The Kier molecular flexibility index (Phi) is 5.58. The molecule has 10 heteroatoms. The highest BCUT2D eigenvalue weighted by Crippen LogP contribution is 2.42. The van der Waals surface area contributed by atoms with Gasteiger partial charge in [-0.05, 0) is 71.6 Å². The minimum absolute atomic E-state index is 0.00169. The first kappa shape index (κ1) is 22.6. The van der Waals surface area contributed by atoms with E-state index in [-0.39, 0.29) is 48.0 Å². The number of urea groups is 1. The second-order valence-corrected chi connectivity index (χ2v) is 13.0. The third-order valence-electron chi connectivity index (χ3n) is 8.28. The molecule has 0 aromatic carbocycles. The number of hydrogen-bond acceptors (Lipinski definition) is 6. The van der Waals surface area contributed by atoms with Gasteiger partial charge in [0.2, 0.25) is 15.9 Å². The summed E-state index contributed by atoms with van der Waals surface area (Å²) in [5.74, 6) is -0.172. The summed E-state index contributed by atoms with van der Waals surface area (Å²) < 4.78 is 29.0. The second kappa shape index (κ2) is 7.92. The van der Waals surface area contributed by atoms with Gasteiger partial charge in [0.15, 0.2) is 0 Å². The van der Waals surface area contributed by atoms with Crippen molar-refractivity contribution in [3.8, 4) is 0 Å². The summed E-state index contributed by atoms with van der Waals surface area (Å²) in [6.45, 7) is 6.83. The van der Waals surface area contributed by atoms with E-state index >= 15 is 0 Å². The van der Waals surface area contributed by atoms with Crippen LogP contribution in [-0.4, -0.2) is 72.2 Å². The number of nitrogens with zero attached hydrogens (tertiary/aromatic N) is 2. The number of imide groups is 1. The summed E-state index contributed by atoms with van der Waals surface area (Å²) in [5, 5.41) is -0.586. The lowest BCUT2D eigenvalue weighted by Gasteiger charge is -2.49. The van der Waals surface area contributed by atoms with Gasteiger partial charge in [0.1, 0.15) is 0 Å². The van der Waals surface area contributed by atoms with Gasteiger partial charge in [-0.2, -0.15) is 5.48 Å². The van der Waals surface area contributed by atoms with Gasteiger partial charge in [0, 0.05) is 36.6 Å². The predicted octanol–water partition coefficient (Wildman–Crippen LogP) is 1.60. The molecule has 2 saturated heterocycles. The van der Waals surface area contributed by atoms with Gasteiger partial charge in [0.25, 0.3) is 0 Å². The number of amides is 3. The van der Waals surface area contributed by atoms with Crippen molar-refractivity contribution in [3.63, 3.8) is 0 Å². The number of carbonyl (C=O) groups excluding carboxylic acids is 2. The Morgan fingerprint density at radius 1 is 1.12 bits per heavy atom. The summed E-state index contributed by atoms with van der Waals surface area (Å²) in [4.78, 5) is 35.9. The van der Waals surface area contributed by atoms with Crippen molar-refractivity contribution in [1.82, 2.24) is 20.0 Å². The van der Waals surface area contributed by atoms with Crippen LogP contribution in [0.25, 0.3) is 0 Å². The molecule has 2 N–H and O–H groups in total. The first-order chi connectivity index (χ1) is 15.1. The molecule has 2 heterocycles. The van der Waals surface area contributed by atoms with Crippen LogP contribution in [0, 0.1) is 17.8 Å². The van der Waals surface area contributed by atoms with Crippen molar-refractivity contribution in [2.45, 2.75) is 94.7 Å². The molecular weight excluding hydrogens is 432 g/mol. The third-order valence-corrected chi connectivity index (χ3v) is 10.4. The fourth-order valence-electron chi connectivity index (χ4n) is 5.62. The Balaban J connectivity index is 1.37. The normalized spacial score (nSPS) is 39.3. The lowest BCUT2D eigenvalue weighted by molar-refractivity contribution is -0.141. The molecule has 0 bridgehead atoms. The highest BCUT2D eigenvalue weighted by atomic mass is 32.2. The number of carbonyl (C=O) groups is 2. The molecule has 0 spiro atoms. The highest BCUT2D eigenvalue weighted by Gasteiger charge is 2.53. The number of sulfonamides is 1. The van der Waals surface area contributed by atoms with Crippen LogP contribution in [0.1, 0.15) is 65.7 Å². The summed E-state index contributed by atoms with van der Waals surface area (Å²) in [6, 6.07) is -0.370. The van der Waals surface area contributed by atoms with Crippen molar-refractivity contribution in [2.24, 2.45) is 17.8 Å². The molecule has 3 saturated carbocycles. The molecule has 6 atom stereocenters. The zero-order chi connectivity index (χ0) is 22.8. The monoisotopic (exact) mass is 468 g/mol. The average molecular weight is 469 g/mol. The molecule has 32 heavy (non-hydrogen) atoms. The van der Waals surface area contributed by atoms with E-state index in [1.54, 1.807) is 0 Å².